The number of benzene rings is 1. The van der Waals surface area contributed by atoms with Crippen LogP contribution >= 0.6 is 11.6 Å². The van der Waals surface area contributed by atoms with Crippen molar-refractivity contribution in [3.63, 3.8) is 0 Å². The largest absolute Gasteiger partial charge is 0.495 e. The lowest BCUT2D eigenvalue weighted by Gasteiger charge is -2.25. The first-order chi connectivity index (χ1) is 9.19. The number of rotatable bonds is 5. The third-order valence-electron chi connectivity index (χ3n) is 3.44. The summed E-state index contributed by atoms with van der Waals surface area (Å²) in [6, 6.07) is 5.63. The Labute approximate surface area is 119 Å². The topological polar surface area (TPSA) is 59.6 Å². The number of halogens is 1. The van der Waals surface area contributed by atoms with Crippen molar-refractivity contribution in [1.29, 1.82) is 0 Å². The van der Waals surface area contributed by atoms with Crippen LogP contribution in [0, 0.1) is 5.92 Å². The van der Waals surface area contributed by atoms with Crippen molar-refractivity contribution in [2.24, 2.45) is 16.6 Å². The van der Waals surface area contributed by atoms with Gasteiger partial charge in [-0.3, -0.25) is 0 Å². The van der Waals surface area contributed by atoms with Crippen LogP contribution in [-0.4, -0.2) is 19.6 Å². The van der Waals surface area contributed by atoms with E-state index in [0.717, 1.165) is 18.0 Å². The maximum Gasteiger partial charge on any atom is 0.188 e. The maximum absolute atomic E-state index is 6.05. The summed E-state index contributed by atoms with van der Waals surface area (Å²) in [6.45, 7) is 1.45. The number of aliphatic imine (C=N–C) groups is 1. The molecule has 104 valence electrons. The van der Waals surface area contributed by atoms with Crippen LogP contribution in [-0.2, 0) is 6.54 Å². The van der Waals surface area contributed by atoms with Crippen LogP contribution in [0.5, 0.6) is 5.75 Å². The Morgan fingerprint density at radius 3 is 2.89 bits per heavy atom. The summed E-state index contributed by atoms with van der Waals surface area (Å²) >= 11 is 6.05. The van der Waals surface area contributed by atoms with Gasteiger partial charge in [0.15, 0.2) is 5.96 Å². The van der Waals surface area contributed by atoms with Gasteiger partial charge in [-0.25, -0.2) is 4.99 Å². The summed E-state index contributed by atoms with van der Waals surface area (Å²) in [5, 5.41) is 3.76. The standard InChI is InChI=1S/C14H20ClN3O/c1-19-13-6-5-11(7-12(13)15)9-18-14(16)17-8-10-3-2-4-10/h5-7,10H,2-4,8-9H2,1H3,(H3,16,17,18). The van der Waals surface area contributed by atoms with Crippen molar-refractivity contribution in [1.82, 2.24) is 5.32 Å². The van der Waals surface area contributed by atoms with Gasteiger partial charge in [0.1, 0.15) is 5.75 Å². The van der Waals surface area contributed by atoms with Crippen LogP contribution in [0.15, 0.2) is 23.2 Å². The summed E-state index contributed by atoms with van der Waals surface area (Å²) in [5.41, 5.74) is 6.84. The van der Waals surface area contributed by atoms with Gasteiger partial charge in [0, 0.05) is 6.54 Å². The summed E-state index contributed by atoms with van der Waals surface area (Å²) in [6.07, 6.45) is 3.94. The summed E-state index contributed by atoms with van der Waals surface area (Å²) in [7, 11) is 1.60. The van der Waals surface area contributed by atoms with Gasteiger partial charge in [-0.1, -0.05) is 24.1 Å². The van der Waals surface area contributed by atoms with Crippen LogP contribution in [0.2, 0.25) is 5.02 Å². The molecule has 5 heteroatoms. The fourth-order valence-electron chi connectivity index (χ4n) is 1.99. The number of hydrogen-bond donors (Lipinski definition) is 2. The number of nitrogens with zero attached hydrogens (tertiary/aromatic N) is 1. The first-order valence-electron chi connectivity index (χ1n) is 6.55. The Balaban J connectivity index is 1.84. The van der Waals surface area contributed by atoms with Gasteiger partial charge in [-0.2, -0.15) is 0 Å². The van der Waals surface area contributed by atoms with Gasteiger partial charge >= 0.3 is 0 Å². The Kier molecular flexibility index (Phi) is 4.91. The van der Waals surface area contributed by atoms with E-state index in [4.69, 9.17) is 22.1 Å². The molecule has 0 amide bonds. The molecule has 1 aromatic carbocycles. The molecule has 0 aliphatic heterocycles. The predicted molar refractivity (Wildman–Crippen MR) is 78.7 cm³/mol. The van der Waals surface area contributed by atoms with Gasteiger partial charge in [0.25, 0.3) is 0 Å². The highest BCUT2D eigenvalue weighted by Gasteiger charge is 2.16. The summed E-state index contributed by atoms with van der Waals surface area (Å²) in [5.74, 6) is 1.94. The molecule has 2 rings (SSSR count). The number of ether oxygens (including phenoxy) is 1. The molecule has 0 unspecified atom stereocenters. The molecule has 0 bridgehead atoms. The molecule has 0 heterocycles. The third-order valence-corrected chi connectivity index (χ3v) is 3.74. The van der Waals surface area contributed by atoms with Crippen molar-refractivity contribution in [2.45, 2.75) is 25.8 Å². The molecule has 1 aliphatic carbocycles. The highest BCUT2D eigenvalue weighted by molar-refractivity contribution is 6.32. The Hall–Kier alpha value is -1.42. The molecule has 0 aromatic heterocycles. The van der Waals surface area contributed by atoms with Crippen molar-refractivity contribution >= 4 is 17.6 Å². The smallest absolute Gasteiger partial charge is 0.188 e. The van der Waals surface area contributed by atoms with E-state index in [0.29, 0.717) is 23.3 Å². The van der Waals surface area contributed by atoms with E-state index in [1.165, 1.54) is 19.3 Å². The zero-order valence-corrected chi connectivity index (χ0v) is 11.9. The zero-order chi connectivity index (χ0) is 13.7. The minimum absolute atomic E-state index is 0.499. The average Bonchev–Trinajstić information content (AvgIpc) is 2.34. The molecule has 1 aliphatic rings. The number of methoxy groups -OCH3 is 1. The fraction of sp³-hybridized carbons (Fsp3) is 0.500. The lowest BCUT2D eigenvalue weighted by atomic mass is 9.85. The van der Waals surface area contributed by atoms with Crippen LogP contribution < -0.4 is 15.8 Å². The molecule has 0 radical (unpaired) electrons. The lowest BCUT2D eigenvalue weighted by Crippen LogP contribution is -2.37. The maximum atomic E-state index is 6.05. The zero-order valence-electron chi connectivity index (χ0n) is 11.2. The van der Waals surface area contributed by atoms with Gasteiger partial charge in [-0.15, -0.1) is 0 Å². The van der Waals surface area contributed by atoms with Crippen molar-refractivity contribution in [3.05, 3.63) is 28.8 Å². The molecule has 0 spiro atoms. The second kappa shape index (κ2) is 6.66. The van der Waals surface area contributed by atoms with Crippen LogP contribution in [0.4, 0.5) is 0 Å². The van der Waals surface area contributed by atoms with Crippen LogP contribution in [0.1, 0.15) is 24.8 Å². The number of nitrogens with one attached hydrogen (secondary N) is 1. The number of guanidine groups is 1. The minimum Gasteiger partial charge on any atom is -0.495 e. The molecule has 19 heavy (non-hydrogen) atoms. The van der Waals surface area contributed by atoms with Crippen molar-refractivity contribution in [3.8, 4) is 5.75 Å². The van der Waals surface area contributed by atoms with Crippen molar-refractivity contribution < 1.29 is 4.74 Å². The highest BCUT2D eigenvalue weighted by Crippen LogP contribution is 2.25. The molecule has 0 saturated heterocycles. The third kappa shape index (κ3) is 4.03. The average molecular weight is 282 g/mol. The summed E-state index contributed by atoms with van der Waals surface area (Å²) in [4.78, 5) is 4.31. The lowest BCUT2D eigenvalue weighted by molar-refractivity contribution is 0.315. The Bertz CT molecular complexity index is 458. The molecular weight excluding hydrogens is 262 g/mol. The number of nitrogens with two attached hydrogens (primary N) is 1. The predicted octanol–water partition coefficient (Wildman–Crippen LogP) is 2.55. The quantitative estimate of drug-likeness (QED) is 0.644. The van der Waals surface area contributed by atoms with E-state index in [1.807, 2.05) is 18.2 Å². The molecular formula is C14H20ClN3O. The first-order valence-corrected chi connectivity index (χ1v) is 6.93. The van der Waals surface area contributed by atoms with Crippen molar-refractivity contribution in [2.75, 3.05) is 13.7 Å². The van der Waals surface area contributed by atoms with Gasteiger partial charge in [0.2, 0.25) is 0 Å². The Morgan fingerprint density at radius 2 is 2.32 bits per heavy atom. The van der Waals surface area contributed by atoms with Gasteiger partial charge < -0.3 is 15.8 Å². The minimum atomic E-state index is 0.499. The van der Waals surface area contributed by atoms with E-state index < -0.39 is 0 Å². The second-order valence-electron chi connectivity index (χ2n) is 4.85. The van der Waals surface area contributed by atoms with E-state index in [-0.39, 0.29) is 0 Å². The van der Waals surface area contributed by atoms with Gasteiger partial charge in [-0.05, 0) is 36.5 Å². The van der Waals surface area contributed by atoms with E-state index in [9.17, 15) is 0 Å². The SMILES string of the molecule is COc1ccc(CN=C(N)NCC2CCC2)cc1Cl. The molecule has 1 saturated carbocycles. The molecule has 3 N–H and O–H groups in total. The molecule has 4 nitrogen and oxygen atoms in total. The molecule has 1 fully saturated rings. The highest BCUT2D eigenvalue weighted by atomic mass is 35.5. The Morgan fingerprint density at radius 1 is 1.53 bits per heavy atom. The summed E-state index contributed by atoms with van der Waals surface area (Å²) < 4.78 is 5.10. The second-order valence-corrected chi connectivity index (χ2v) is 5.26. The van der Waals surface area contributed by atoms with Crippen LogP contribution in [0.25, 0.3) is 0 Å². The molecule has 0 atom stereocenters. The molecule has 1 aromatic rings. The van der Waals surface area contributed by atoms with Crippen LogP contribution in [0.3, 0.4) is 0 Å². The fourth-order valence-corrected chi connectivity index (χ4v) is 2.27. The van der Waals surface area contributed by atoms with Gasteiger partial charge in [0.05, 0.1) is 18.7 Å². The first kappa shape index (κ1) is 14.0. The van der Waals surface area contributed by atoms with E-state index in [1.54, 1.807) is 7.11 Å². The normalized spacial score (nSPS) is 16.0. The number of hydrogen-bond acceptors (Lipinski definition) is 2. The van der Waals surface area contributed by atoms with E-state index in [2.05, 4.69) is 10.3 Å². The van der Waals surface area contributed by atoms with E-state index >= 15 is 0 Å². The monoisotopic (exact) mass is 281 g/mol.